The molecule has 1 aromatic heterocycles. The van der Waals surface area contributed by atoms with Crippen molar-refractivity contribution in [3.8, 4) is 5.75 Å². The molecule has 0 radical (unpaired) electrons. The molecule has 10 heteroatoms. The van der Waals surface area contributed by atoms with E-state index in [0.29, 0.717) is 5.82 Å². The van der Waals surface area contributed by atoms with Gasteiger partial charge in [-0.1, -0.05) is 0 Å². The van der Waals surface area contributed by atoms with Gasteiger partial charge in [0.15, 0.2) is 0 Å². The van der Waals surface area contributed by atoms with Gasteiger partial charge in [0.25, 0.3) is 5.91 Å². The van der Waals surface area contributed by atoms with E-state index in [4.69, 9.17) is 10.5 Å². The maximum absolute atomic E-state index is 12.6. The van der Waals surface area contributed by atoms with Crippen LogP contribution in [0.5, 0.6) is 5.75 Å². The molecule has 1 saturated heterocycles. The van der Waals surface area contributed by atoms with Gasteiger partial charge in [0, 0.05) is 24.8 Å². The van der Waals surface area contributed by atoms with Crippen LogP contribution >= 0.6 is 0 Å². The zero-order valence-electron chi connectivity index (χ0n) is 15.8. The zero-order chi connectivity index (χ0) is 20.3. The van der Waals surface area contributed by atoms with E-state index in [0.717, 1.165) is 37.4 Å². The highest BCUT2D eigenvalue weighted by Crippen LogP contribution is 2.22. The first kappa shape index (κ1) is 20.0. The molecule has 1 aliphatic heterocycles. The number of nitrogens with one attached hydrogen (secondary N) is 1. The van der Waals surface area contributed by atoms with Gasteiger partial charge in [-0.2, -0.15) is 0 Å². The van der Waals surface area contributed by atoms with Crippen LogP contribution in [-0.4, -0.2) is 44.5 Å². The van der Waals surface area contributed by atoms with Crippen LogP contribution in [0.3, 0.4) is 0 Å². The molecule has 1 aromatic carbocycles. The van der Waals surface area contributed by atoms with Gasteiger partial charge in [0.2, 0.25) is 10.0 Å². The van der Waals surface area contributed by atoms with E-state index < -0.39 is 15.9 Å². The van der Waals surface area contributed by atoms with Crippen LogP contribution in [0, 0.1) is 6.92 Å². The van der Waals surface area contributed by atoms with Crippen molar-refractivity contribution >= 4 is 21.7 Å². The summed E-state index contributed by atoms with van der Waals surface area (Å²) in [6.07, 6.45) is 2.23. The van der Waals surface area contributed by atoms with E-state index in [1.165, 1.54) is 25.3 Å². The summed E-state index contributed by atoms with van der Waals surface area (Å²) in [4.78, 5) is 22.4. The molecule has 0 saturated carbocycles. The Bertz CT molecular complexity index is 987. The topological polar surface area (TPSA) is 128 Å². The third-order valence-corrected chi connectivity index (χ3v) is 5.88. The minimum atomic E-state index is -3.89. The van der Waals surface area contributed by atoms with Gasteiger partial charge in [-0.3, -0.25) is 4.79 Å². The number of sulfonamides is 1. The highest BCUT2D eigenvalue weighted by atomic mass is 32.2. The Balaban J connectivity index is 1.80. The lowest BCUT2D eigenvalue weighted by Crippen LogP contribution is -2.26. The second kappa shape index (κ2) is 8.11. The lowest BCUT2D eigenvalue weighted by atomic mass is 10.2. The number of carbonyl (C=O) groups excluding carboxylic acids is 1. The summed E-state index contributed by atoms with van der Waals surface area (Å²) in [5.41, 5.74) is 6.07. The van der Waals surface area contributed by atoms with E-state index in [-0.39, 0.29) is 22.8 Å². The Morgan fingerprint density at radius 3 is 2.61 bits per heavy atom. The molecule has 0 spiro atoms. The summed E-state index contributed by atoms with van der Waals surface area (Å²) < 4.78 is 32.8. The minimum Gasteiger partial charge on any atom is -0.496 e. The van der Waals surface area contributed by atoms with Crippen molar-refractivity contribution in [1.29, 1.82) is 0 Å². The average molecular weight is 405 g/mol. The van der Waals surface area contributed by atoms with Crippen molar-refractivity contribution in [2.75, 3.05) is 25.1 Å². The summed E-state index contributed by atoms with van der Waals surface area (Å²) in [6, 6.07) is 5.83. The van der Waals surface area contributed by atoms with Gasteiger partial charge >= 0.3 is 0 Å². The smallest absolute Gasteiger partial charge is 0.252 e. The fourth-order valence-electron chi connectivity index (χ4n) is 3.09. The number of benzene rings is 1. The number of primary amides is 1. The molecule has 1 fully saturated rings. The van der Waals surface area contributed by atoms with Crippen LogP contribution in [0.2, 0.25) is 0 Å². The Labute approximate surface area is 164 Å². The Hall–Kier alpha value is -2.72. The fourth-order valence-corrected chi connectivity index (χ4v) is 4.10. The largest absolute Gasteiger partial charge is 0.496 e. The van der Waals surface area contributed by atoms with Gasteiger partial charge < -0.3 is 15.4 Å². The van der Waals surface area contributed by atoms with E-state index in [2.05, 4.69) is 19.6 Å². The second-order valence-electron chi connectivity index (χ2n) is 6.53. The number of aromatic nitrogens is 2. The summed E-state index contributed by atoms with van der Waals surface area (Å²) in [7, 11) is -2.51. The molecule has 1 aliphatic rings. The highest BCUT2D eigenvalue weighted by Gasteiger charge is 2.20. The fraction of sp³-hybridized carbons (Fsp3) is 0.389. The molecule has 28 heavy (non-hydrogen) atoms. The summed E-state index contributed by atoms with van der Waals surface area (Å²) in [5, 5.41) is 0. The van der Waals surface area contributed by atoms with Crippen LogP contribution in [0.4, 0.5) is 5.82 Å². The number of carbonyl (C=O) groups is 1. The number of nitrogens with two attached hydrogens (primary N) is 1. The number of hydrogen-bond acceptors (Lipinski definition) is 7. The van der Waals surface area contributed by atoms with Crippen molar-refractivity contribution in [2.24, 2.45) is 5.73 Å². The van der Waals surface area contributed by atoms with Gasteiger partial charge in [0.1, 0.15) is 17.4 Å². The molecular weight excluding hydrogens is 382 g/mol. The first-order valence-corrected chi connectivity index (χ1v) is 10.4. The predicted octanol–water partition coefficient (Wildman–Crippen LogP) is 0.971. The SMILES string of the molecule is COc1ccc(S(=O)(=O)NCc2nc(C)cc(N3CCCC3)n2)cc1C(N)=O. The molecule has 2 heterocycles. The first-order valence-electron chi connectivity index (χ1n) is 8.87. The number of aryl methyl sites for hydroxylation is 1. The van der Waals surface area contributed by atoms with Crippen LogP contribution in [0.1, 0.15) is 34.7 Å². The van der Waals surface area contributed by atoms with Crippen LogP contribution < -0.4 is 20.1 Å². The second-order valence-corrected chi connectivity index (χ2v) is 8.30. The van der Waals surface area contributed by atoms with Crippen LogP contribution in [0.25, 0.3) is 0 Å². The maximum atomic E-state index is 12.6. The zero-order valence-corrected chi connectivity index (χ0v) is 16.6. The first-order chi connectivity index (χ1) is 13.3. The molecule has 0 unspecified atom stereocenters. The average Bonchev–Trinajstić information content (AvgIpc) is 3.20. The molecule has 0 aliphatic carbocycles. The number of amides is 1. The van der Waals surface area contributed by atoms with Crippen molar-refractivity contribution < 1.29 is 17.9 Å². The summed E-state index contributed by atoms with van der Waals surface area (Å²) in [5.74, 6) is 0.628. The summed E-state index contributed by atoms with van der Waals surface area (Å²) in [6.45, 7) is 3.65. The van der Waals surface area contributed by atoms with Gasteiger partial charge in [0.05, 0.1) is 24.1 Å². The van der Waals surface area contributed by atoms with Crippen molar-refractivity contribution in [3.63, 3.8) is 0 Å². The quantitative estimate of drug-likeness (QED) is 0.702. The standard InChI is InChI=1S/C18H23N5O4S/c1-12-9-17(23-7-3-4-8-23)22-16(21-12)11-20-28(25,26)13-5-6-15(27-2)14(10-13)18(19)24/h5-6,9-10,20H,3-4,7-8,11H2,1-2H3,(H2,19,24). The molecule has 9 nitrogen and oxygen atoms in total. The van der Waals surface area contributed by atoms with E-state index in [1.807, 2.05) is 13.0 Å². The molecule has 0 atom stereocenters. The van der Waals surface area contributed by atoms with Crippen molar-refractivity contribution in [3.05, 3.63) is 41.3 Å². The molecule has 3 N–H and O–H groups in total. The molecular formula is C18H23N5O4S. The third kappa shape index (κ3) is 4.39. The molecule has 1 amide bonds. The minimum absolute atomic E-state index is 0.00602. The third-order valence-electron chi connectivity index (χ3n) is 4.48. The number of hydrogen-bond donors (Lipinski definition) is 2. The Morgan fingerprint density at radius 2 is 1.96 bits per heavy atom. The van der Waals surface area contributed by atoms with E-state index >= 15 is 0 Å². The van der Waals surface area contributed by atoms with E-state index in [1.54, 1.807) is 0 Å². The number of nitrogens with zero attached hydrogens (tertiary/aromatic N) is 3. The van der Waals surface area contributed by atoms with Crippen molar-refractivity contribution in [1.82, 2.24) is 14.7 Å². The maximum Gasteiger partial charge on any atom is 0.252 e. The monoisotopic (exact) mass is 405 g/mol. The highest BCUT2D eigenvalue weighted by molar-refractivity contribution is 7.89. The number of ether oxygens (including phenoxy) is 1. The van der Waals surface area contributed by atoms with E-state index in [9.17, 15) is 13.2 Å². The summed E-state index contributed by atoms with van der Waals surface area (Å²) >= 11 is 0. The Morgan fingerprint density at radius 1 is 1.25 bits per heavy atom. The van der Waals surface area contributed by atoms with Crippen LogP contribution in [-0.2, 0) is 16.6 Å². The Kier molecular flexibility index (Phi) is 5.80. The normalized spacial score (nSPS) is 14.3. The molecule has 0 bridgehead atoms. The number of methoxy groups -OCH3 is 1. The van der Waals surface area contributed by atoms with Crippen LogP contribution in [0.15, 0.2) is 29.2 Å². The van der Waals surface area contributed by atoms with Crippen molar-refractivity contribution in [2.45, 2.75) is 31.2 Å². The lowest BCUT2D eigenvalue weighted by Gasteiger charge is -2.17. The number of anilines is 1. The lowest BCUT2D eigenvalue weighted by molar-refractivity contribution is 0.0997. The number of rotatable bonds is 7. The van der Waals surface area contributed by atoms with Gasteiger partial charge in [-0.25, -0.2) is 23.1 Å². The molecule has 2 aromatic rings. The predicted molar refractivity (Wildman–Crippen MR) is 104 cm³/mol. The molecule has 150 valence electrons. The molecule has 3 rings (SSSR count). The van der Waals surface area contributed by atoms with Gasteiger partial charge in [-0.15, -0.1) is 0 Å². The van der Waals surface area contributed by atoms with Gasteiger partial charge in [-0.05, 0) is 38.0 Å².